The minimum absolute atomic E-state index is 0.0484. The predicted octanol–water partition coefficient (Wildman–Crippen LogP) is 3.21. The fourth-order valence-corrected chi connectivity index (χ4v) is 2.41. The summed E-state index contributed by atoms with van der Waals surface area (Å²) in [6.45, 7) is 2.31. The second-order valence-electron chi connectivity index (χ2n) is 4.71. The monoisotopic (exact) mass is 341 g/mol. The Labute approximate surface area is 135 Å². The van der Waals surface area contributed by atoms with Crippen LogP contribution in [-0.4, -0.2) is 21.6 Å². The summed E-state index contributed by atoms with van der Waals surface area (Å²) >= 11 is 0.864. The molecular formula is C15H14F3N3OS. The standard InChI is InChI=1S/C15H14F3N3OS/c1-10-4-2-3-5-11(10)8-20-13(22)9-23-14-19-7-6-12(21-14)15(16,17)18/h2-7H,8-9H2,1H3,(H,20,22). The summed E-state index contributed by atoms with van der Waals surface area (Å²) in [5.74, 6) is -0.341. The highest BCUT2D eigenvalue weighted by molar-refractivity contribution is 7.99. The zero-order valence-corrected chi connectivity index (χ0v) is 13.0. The first-order valence-corrected chi connectivity index (χ1v) is 7.69. The molecular weight excluding hydrogens is 327 g/mol. The van der Waals surface area contributed by atoms with Crippen LogP contribution >= 0.6 is 11.8 Å². The fraction of sp³-hybridized carbons (Fsp3) is 0.267. The van der Waals surface area contributed by atoms with E-state index in [1.54, 1.807) is 0 Å². The maximum atomic E-state index is 12.5. The molecule has 1 aromatic heterocycles. The number of benzene rings is 1. The Kier molecular flexibility index (Phi) is 5.59. The van der Waals surface area contributed by atoms with Gasteiger partial charge in [-0.3, -0.25) is 4.79 Å². The van der Waals surface area contributed by atoms with Gasteiger partial charge in [-0.2, -0.15) is 13.2 Å². The third-order valence-corrected chi connectivity index (χ3v) is 3.85. The van der Waals surface area contributed by atoms with Crippen molar-refractivity contribution in [2.75, 3.05) is 5.75 Å². The van der Waals surface area contributed by atoms with Gasteiger partial charge in [-0.1, -0.05) is 36.0 Å². The lowest BCUT2D eigenvalue weighted by Gasteiger charge is -2.08. The van der Waals surface area contributed by atoms with Gasteiger partial charge in [0.05, 0.1) is 5.75 Å². The number of aromatic nitrogens is 2. The molecule has 2 rings (SSSR count). The van der Waals surface area contributed by atoms with Crippen LogP contribution in [0, 0.1) is 6.92 Å². The van der Waals surface area contributed by atoms with Crippen molar-refractivity contribution in [1.82, 2.24) is 15.3 Å². The summed E-state index contributed by atoms with van der Waals surface area (Å²) in [5, 5.41) is 2.64. The summed E-state index contributed by atoms with van der Waals surface area (Å²) < 4.78 is 37.6. The average molecular weight is 341 g/mol. The van der Waals surface area contributed by atoms with E-state index in [4.69, 9.17) is 0 Å². The molecule has 0 fully saturated rings. The maximum Gasteiger partial charge on any atom is 0.433 e. The number of nitrogens with zero attached hydrogens (tertiary/aromatic N) is 2. The van der Waals surface area contributed by atoms with Crippen LogP contribution in [0.3, 0.4) is 0 Å². The number of carbonyl (C=O) groups is 1. The SMILES string of the molecule is Cc1ccccc1CNC(=O)CSc1nccc(C(F)(F)F)n1. The number of halogens is 3. The fourth-order valence-electron chi connectivity index (χ4n) is 1.75. The zero-order valence-electron chi connectivity index (χ0n) is 12.2. The quantitative estimate of drug-likeness (QED) is 0.670. The van der Waals surface area contributed by atoms with Gasteiger partial charge in [-0.15, -0.1) is 0 Å². The van der Waals surface area contributed by atoms with Gasteiger partial charge in [0, 0.05) is 12.7 Å². The van der Waals surface area contributed by atoms with Gasteiger partial charge < -0.3 is 5.32 Å². The molecule has 1 heterocycles. The van der Waals surface area contributed by atoms with Crippen LogP contribution in [0.4, 0.5) is 13.2 Å². The van der Waals surface area contributed by atoms with Gasteiger partial charge in [0.1, 0.15) is 5.69 Å². The van der Waals surface area contributed by atoms with Crippen LogP contribution in [0.1, 0.15) is 16.8 Å². The van der Waals surface area contributed by atoms with Gasteiger partial charge >= 0.3 is 6.18 Å². The molecule has 0 saturated heterocycles. The molecule has 0 spiro atoms. The zero-order chi connectivity index (χ0) is 16.9. The van der Waals surface area contributed by atoms with Crippen molar-refractivity contribution < 1.29 is 18.0 Å². The molecule has 1 amide bonds. The highest BCUT2D eigenvalue weighted by atomic mass is 32.2. The number of thioether (sulfide) groups is 1. The molecule has 1 aromatic carbocycles. The minimum atomic E-state index is -4.52. The Morgan fingerprint density at radius 1 is 1.26 bits per heavy atom. The van der Waals surface area contributed by atoms with Crippen LogP contribution in [-0.2, 0) is 17.5 Å². The van der Waals surface area contributed by atoms with Gasteiger partial charge in [0.15, 0.2) is 5.16 Å². The third-order valence-electron chi connectivity index (χ3n) is 2.99. The molecule has 0 aliphatic carbocycles. The molecule has 4 nitrogen and oxygen atoms in total. The largest absolute Gasteiger partial charge is 0.433 e. The molecule has 1 N–H and O–H groups in total. The lowest BCUT2D eigenvalue weighted by atomic mass is 10.1. The van der Waals surface area contributed by atoms with Crippen molar-refractivity contribution in [1.29, 1.82) is 0 Å². The van der Waals surface area contributed by atoms with E-state index in [1.165, 1.54) is 0 Å². The predicted molar refractivity (Wildman–Crippen MR) is 80.8 cm³/mol. The molecule has 122 valence electrons. The molecule has 0 radical (unpaired) electrons. The van der Waals surface area contributed by atoms with E-state index >= 15 is 0 Å². The van der Waals surface area contributed by atoms with E-state index in [1.807, 2.05) is 31.2 Å². The van der Waals surface area contributed by atoms with Crippen molar-refractivity contribution >= 4 is 17.7 Å². The van der Waals surface area contributed by atoms with E-state index < -0.39 is 11.9 Å². The summed E-state index contributed by atoms with van der Waals surface area (Å²) in [7, 11) is 0. The molecule has 0 aliphatic heterocycles. The Morgan fingerprint density at radius 2 is 2.00 bits per heavy atom. The van der Waals surface area contributed by atoms with E-state index in [2.05, 4.69) is 15.3 Å². The number of hydrogen-bond donors (Lipinski definition) is 1. The lowest BCUT2D eigenvalue weighted by Crippen LogP contribution is -2.25. The minimum Gasteiger partial charge on any atom is -0.351 e. The van der Waals surface area contributed by atoms with Crippen LogP contribution in [0.15, 0.2) is 41.7 Å². The summed E-state index contributed by atoms with van der Waals surface area (Å²) in [6, 6.07) is 8.41. The number of carbonyl (C=O) groups excluding carboxylic acids is 1. The molecule has 8 heteroatoms. The Bertz CT molecular complexity index is 692. The molecule has 0 aliphatic rings. The number of nitrogens with one attached hydrogen (secondary N) is 1. The Morgan fingerprint density at radius 3 is 2.70 bits per heavy atom. The first-order valence-electron chi connectivity index (χ1n) is 6.70. The molecule has 0 bridgehead atoms. The first-order chi connectivity index (χ1) is 10.9. The summed E-state index contributed by atoms with van der Waals surface area (Å²) in [6.07, 6.45) is -3.49. The number of amides is 1. The van der Waals surface area contributed by atoms with Gasteiger partial charge in [0.25, 0.3) is 0 Å². The molecule has 23 heavy (non-hydrogen) atoms. The first kappa shape index (κ1) is 17.3. The highest BCUT2D eigenvalue weighted by Gasteiger charge is 2.32. The Hall–Kier alpha value is -2.09. The maximum absolute atomic E-state index is 12.5. The van der Waals surface area contributed by atoms with E-state index in [0.29, 0.717) is 6.54 Å². The molecule has 2 aromatic rings. The van der Waals surface area contributed by atoms with Crippen LogP contribution in [0.25, 0.3) is 0 Å². The summed E-state index contributed by atoms with van der Waals surface area (Å²) in [4.78, 5) is 18.9. The van der Waals surface area contributed by atoms with Gasteiger partial charge in [-0.25, -0.2) is 9.97 Å². The van der Waals surface area contributed by atoms with Gasteiger partial charge in [0.2, 0.25) is 5.91 Å². The normalized spacial score (nSPS) is 11.3. The number of alkyl halides is 3. The van der Waals surface area contributed by atoms with Crippen LogP contribution in [0.2, 0.25) is 0 Å². The molecule has 0 atom stereocenters. The lowest BCUT2D eigenvalue weighted by molar-refractivity contribution is -0.141. The smallest absolute Gasteiger partial charge is 0.351 e. The second-order valence-corrected chi connectivity index (χ2v) is 5.66. The van der Waals surface area contributed by atoms with E-state index in [0.717, 1.165) is 35.2 Å². The van der Waals surface area contributed by atoms with Crippen molar-refractivity contribution in [2.45, 2.75) is 24.8 Å². The number of rotatable bonds is 5. The third kappa shape index (κ3) is 5.24. The van der Waals surface area contributed by atoms with Crippen molar-refractivity contribution in [2.24, 2.45) is 0 Å². The van der Waals surface area contributed by atoms with Gasteiger partial charge in [-0.05, 0) is 24.1 Å². The van der Waals surface area contributed by atoms with E-state index in [-0.39, 0.29) is 16.8 Å². The highest BCUT2D eigenvalue weighted by Crippen LogP contribution is 2.28. The van der Waals surface area contributed by atoms with Crippen molar-refractivity contribution in [3.63, 3.8) is 0 Å². The topological polar surface area (TPSA) is 54.9 Å². The molecule has 0 unspecified atom stereocenters. The number of aryl methyl sites for hydroxylation is 1. The molecule has 0 saturated carbocycles. The van der Waals surface area contributed by atoms with Crippen molar-refractivity contribution in [3.8, 4) is 0 Å². The van der Waals surface area contributed by atoms with Crippen LogP contribution < -0.4 is 5.32 Å². The Balaban J connectivity index is 1.86. The van der Waals surface area contributed by atoms with E-state index in [9.17, 15) is 18.0 Å². The summed E-state index contributed by atoms with van der Waals surface area (Å²) in [5.41, 5.74) is 1.03. The van der Waals surface area contributed by atoms with Crippen molar-refractivity contribution in [3.05, 3.63) is 53.3 Å². The average Bonchev–Trinajstić information content (AvgIpc) is 2.51. The second kappa shape index (κ2) is 7.45. The number of hydrogen-bond acceptors (Lipinski definition) is 4. The van der Waals surface area contributed by atoms with Crippen LogP contribution in [0.5, 0.6) is 0 Å².